The molecule has 0 heterocycles. The highest BCUT2D eigenvalue weighted by atomic mass is 19.1. The molecule has 154 valence electrons. The number of nitrogens with one attached hydrogen (secondary N) is 1. The van der Waals surface area contributed by atoms with Gasteiger partial charge in [-0.1, -0.05) is 18.2 Å². The number of amides is 1. The SMILES string of the molecule is C=CCO[C@H]1C[C@](OCc2ccc(F)cc2)(C(=O)NCC2CC2)C[C@@H](O)[C@H]1O. The highest BCUT2D eigenvalue weighted by Crippen LogP contribution is 2.36. The van der Waals surface area contributed by atoms with E-state index in [9.17, 15) is 19.4 Å². The van der Waals surface area contributed by atoms with Crippen molar-refractivity contribution >= 4 is 5.91 Å². The van der Waals surface area contributed by atoms with Crippen LogP contribution in [-0.4, -0.2) is 53.2 Å². The predicted octanol–water partition coefficient (Wildman–Crippen LogP) is 1.69. The highest BCUT2D eigenvalue weighted by Gasteiger charge is 2.51. The maximum atomic E-state index is 13.1. The van der Waals surface area contributed by atoms with Crippen molar-refractivity contribution in [2.45, 2.75) is 56.2 Å². The van der Waals surface area contributed by atoms with Crippen molar-refractivity contribution in [1.82, 2.24) is 5.32 Å². The second-order valence-electron chi connectivity index (χ2n) is 7.69. The molecule has 6 nitrogen and oxygen atoms in total. The van der Waals surface area contributed by atoms with Gasteiger partial charge in [-0.15, -0.1) is 6.58 Å². The van der Waals surface area contributed by atoms with E-state index in [1.54, 1.807) is 18.2 Å². The summed E-state index contributed by atoms with van der Waals surface area (Å²) in [4.78, 5) is 13.0. The van der Waals surface area contributed by atoms with Crippen LogP contribution in [0.1, 0.15) is 31.2 Å². The Morgan fingerprint density at radius 3 is 2.64 bits per heavy atom. The maximum Gasteiger partial charge on any atom is 0.252 e. The van der Waals surface area contributed by atoms with Crippen molar-refractivity contribution < 1.29 is 28.9 Å². The van der Waals surface area contributed by atoms with Crippen LogP contribution in [0.15, 0.2) is 36.9 Å². The molecule has 2 saturated carbocycles. The minimum Gasteiger partial charge on any atom is -0.390 e. The molecule has 0 unspecified atom stereocenters. The molecule has 1 amide bonds. The smallest absolute Gasteiger partial charge is 0.252 e. The van der Waals surface area contributed by atoms with Gasteiger partial charge in [-0.25, -0.2) is 4.39 Å². The molecule has 2 aliphatic carbocycles. The number of carbonyl (C=O) groups is 1. The fourth-order valence-electron chi connectivity index (χ4n) is 3.48. The predicted molar refractivity (Wildman–Crippen MR) is 101 cm³/mol. The molecule has 2 aliphatic rings. The molecule has 2 fully saturated rings. The van der Waals surface area contributed by atoms with Crippen molar-refractivity contribution in [3.05, 3.63) is 48.3 Å². The number of aliphatic hydroxyl groups is 2. The quantitative estimate of drug-likeness (QED) is 0.556. The molecule has 0 aromatic heterocycles. The summed E-state index contributed by atoms with van der Waals surface area (Å²) in [6.07, 6.45) is 0.758. The lowest BCUT2D eigenvalue weighted by Gasteiger charge is -2.43. The van der Waals surface area contributed by atoms with Crippen molar-refractivity contribution in [2.75, 3.05) is 13.2 Å². The summed E-state index contributed by atoms with van der Waals surface area (Å²) < 4.78 is 24.8. The lowest BCUT2D eigenvalue weighted by Crippen LogP contribution is -2.60. The van der Waals surface area contributed by atoms with Gasteiger partial charge in [-0.05, 0) is 36.5 Å². The fourth-order valence-corrected chi connectivity index (χ4v) is 3.48. The molecule has 1 aromatic rings. The first kappa shape index (κ1) is 20.9. The Balaban J connectivity index is 1.76. The molecule has 0 spiro atoms. The molecule has 0 aliphatic heterocycles. The Morgan fingerprint density at radius 1 is 1.29 bits per heavy atom. The molecule has 3 N–H and O–H groups in total. The summed E-state index contributed by atoms with van der Waals surface area (Å²) in [6, 6.07) is 5.83. The van der Waals surface area contributed by atoms with Gasteiger partial charge in [0, 0.05) is 19.4 Å². The minimum atomic E-state index is -1.34. The van der Waals surface area contributed by atoms with Gasteiger partial charge in [0.1, 0.15) is 11.9 Å². The van der Waals surface area contributed by atoms with E-state index in [0.717, 1.165) is 12.8 Å². The highest BCUT2D eigenvalue weighted by molar-refractivity contribution is 5.85. The average Bonchev–Trinajstić information content (AvgIpc) is 3.51. The number of carbonyl (C=O) groups excluding carboxylic acids is 1. The van der Waals surface area contributed by atoms with Crippen molar-refractivity contribution in [3.63, 3.8) is 0 Å². The van der Waals surface area contributed by atoms with Crippen LogP contribution in [0.4, 0.5) is 4.39 Å². The first-order valence-corrected chi connectivity index (χ1v) is 9.69. The monoisotopic (exact) mass is 393 g/mol. The fraction of sp³-hybridized carbons (Fsp3) is 0.571. The zero-order chi connectivity index (χ0) is 20.1. The Kier molecular flexibility index (Phi) is 6.82. The van der Waals surface area contributed by atoms with E-state index in [2.05, 4.69) is 11.9 Å². The third-order valence-electron chi connectivity index (χ3n) is 5.36. The van der Waals surface area contributed by atoms with Crippen LogP contribution in [-0.2, 0) is 20.9 Å². The van der Waals surface area contributed by atoms with E-state index >= 15 is 0 Å². The Bertz CT molecular complexity index is 678. The van der Waals surface area contributed by atoms with Gasteiger partial charge >= 0.3 is 0 Å². The van der Waals surface area contributed by atoms with Crippen LogP contribution >= 0.6 is 0 Å². The number of aliphatic hydroxyl groups excluding tert-OH is 2. The van der Waals surface area contributed by atoms with Crippen molar-refractivity contribution in [2.24, 2.45) is 5.92 Å². The number of ether oxygens (including phenoxy) is 2. The van der Waals surface area contributed by atoms with Crippen LogP contribution in [0.25, 0.3) is 0 Å². The van der Waals surface area contributed by atoms with Gasteiger partial charge < -0.3 is 25.0 Å². The number of hydrogen-bond acceptors (Lipinski definition) is 5. The van der Waals surface area contributed by atoms with E-state index in [1.165, 1.54) is 12.1 Å². The zero-order valence-electron chi connectivity index (χ0n) is 15.9. The van der Waals surface area contributed by atoms with Gasteiger partial charge in [0.25, 0.3) is 5.91 Å². The molecule has 0 saturated heterocycles. The van der Waals surface area contributed by atoms with Gasteiger partial charge in [0.15, 0.2) is 5.60 Å². The second kappa shape index (κ2) is 9.13. The van der Waals surface area contributed by atoms with Gasteiger partial charge in [-0.3, -0.25) is 4.79 Å². The minimum absolute atomic E-state index is 0.0419. The van der Waals surface area contributed by atoms with Gasteiger partial charge in [0.2, 0.25) is 0 Å². The van der Waals surface area contributed by atoms with E-state index in [-0.39, 0.29) is 37.8 Å². The van der Waals surface area contributed by atoms with Crippen LogP contribution in [0.5, 0.6) is 0 Å². The molecule has 0 bridgehead atoms. The number of halogens is 1. The van der Waals surface area contributed by atoms with Crippen LogP contribution in [0.3, 0.4) is 0 Å². The van der Waals surface area contributed by atoms with E-state index in [4.69, 9.17) is 9.47 Å². The third-order valence-corrected chi connectivity index (χ3v) is 5.36. The Morgan fingerprint density at radius 2 is 2.00 bits per heavy atom. The first-order chi connectivity index (χ1) is 13.4. The van der Waals surface area contributed by atoms with Crippen molar-refractivity contribution in [3.8, 4) is 0 Å². The van der Waals surface area contributed by atoms with Gasteiger partial charge in [-0.2, -0.15) is 0 Å². The first-order valence-electron chi connectivity index (χ1n) is 9.69. The van der Waals surface area contributed by atoms with E-state index in [0.29, 0.717) is 18.0 Å². The number of hydrogen-bond donors (Lipinski definition) is 3. The Labute approximate surface area is 164 Å². The summed E-state index contributed by atoms with van der Waals surface area (Å²) in [5, 5.41) is 23.6. The second-order valence-corrected chi connectivity index (χ2v) is 7.69. The third kappa shape index (κ3) is 5.17. The van der Waals surface area contributed by atoms with Crippen molar-refractivity contribution in [1.29, 1.82) is 0 Å². The summed E-state index contributed by atoms with van der Waals surface area (Å²) in [6.45, 7) is 4.42. The molecule has 0 radical (unpaired) electrons. The molecule has 3 rings (SSSR count). The average molecular weight is 393 g/mol. The lowest BCUT2D eigenvalue weighted by atomic mass is 9.78. The van der Waals surface area contributed by atoms with E-state index in [1.807, 2.05) is 0 Å². The summed E-state index contributed by atoms with van der Waals surface area (Å²) in [5.41, 5.74) is -0.631. The van der Waals surface area contributed by atoms with Crippen LogP contribution in [0, 0.1) is 11.7 Å². The summed E-state index contributed by atoms with van der Waals surface area (Å²) in [5.74, 6) is -0.181. The molecular formula is C21H28FNO5. The molecule has 28 heavy (non-hydrogen) atoms. The zero-order valence-corrected chi connectivity index (χ0v) is 15.9. The maximum absolute atomic E-state index is 13.1. The Hall–Kier alpha value is -1.80. The lowest BCUT2D eigenvalue weighted by molar-refractivity contribution is -0.196. The number of rotatable bonds is 9. The largest absolute Gasteiger partial charge is 0.390 e. The molecule has 4 atom stereocenters. The van der Waals surface area contributed by atoms with Crippen LogP contribution < -0.4 is 5.32 Å². The van der Waals surface area contributed by atoms with E-state index < -0.39 is 23.9 Å². The van der Waals surface area contributed by atoms with Crippen LogP contribution in [0.2, 0.25) is 0 Å². The normalized spacial score (nSPS) is 30.0. The topological polar surface area (TPSA) is 88.0 Å². The van der Waals surface area contributed by atoms with Gasteiger partial charge in [0.05, 0.1) is 25.4 Å². The summed E-state index contributed by atoms with van der Waals surface area (Å²) in [7, 11) is 0. The molecular weight excluding hydrogens is 365 g/mol. The molecule has 1 aromatic carbocycles. The summed E-state index contributed by atoms with van der Waals surface area (Å²) >= 11 is 0. The number of benzene rings is 1. The standard InChI is InChI=1S/C21H28FNO5/c1-2-9-27-18-11-21(10-17(24)19(18)25,20(26)23-12-14-3-4-14)28-13-15-5-7-16(22)8-6-15/h2,5-8,14,17-19,24-25H,1,3-4,9-13H2,(H,23,26)/t17-,18+,19-,21+/m1/s1. The molecule has 7 heteroatoms.